The maximum absolute atomic E-state index is 9.05. The van der Waals surface area contributed by atoms with Gasteiger partial charge in [0.15, 0.2) is 0 Å². The molecule has 0 heterocycles. The van der Waals surface area contributed by atoms with Crippen molar-refractivity contribution in [2.24, 2.45) is 0 Å². The summed E-state index contributed by atoms with van der Waals surface area (Å²) in [6.45, 7) is 9.34. The van der Waals surface area contributed by atoms with Crippen LogP contribution in [0.5, 0.6) is 0 Å². The van der Waals surface area contributed by atoms with E-state index < -0.39 is 0 Å². The number of aliphatic hydroxyl groups is 1. The summed E-state index contributed by atoms with van der Waals surface area (Å²) in [4.78, 5) is 0. The van der Waals surface area contributed by atoms with Gasteiger partial charge in [0.25, 0.3) is 0 Å². The molecule has 0 fully saturated rings. The summed E-state index contributed by atoms with van der Waals surface area (Å²) in [7, 11) is 0. The molecular weight excluding hydrogens is 176 g/mol. The molecule has 1 unspecified atom stereocenters. The lowest BCUT2D eigenvalue weighted by molar-refractivity contribution is 0.133. The van der Waals surface area contributed by atoms with E-state index in [1.807, 2.05) is 6.92 Å². The Labute approximate surface area is 89.9 Å². The Morgan fingerprint density at radius 2 is 1.57 bits per heavy atom. The van der Waals surface area contributed by atoms with Gasteiger partial charge in [0, 0.05) is 0 Å². The highest BCUT2D eigenvalue weighted by Gasteiger charge is 1.95. The minimum atomic E-state index is -0.295. The first-order valence-electron chi connectivity index (χ1n) is 5.64. The zero-order chi connectivity index (χ0) is 10.5. The molecule has 1 atom stereocenters. The van der Waals surface area contributed by atoms with Crippen molar-refractivity contribution < 1.29 is 5.11 Å². The second-order valence-corrected chi connectivity index (χ2v) is 3.29. The molecule has 3 nitrogen and oxygen atoms in total. The third-order valence-electron chi connectivity index (χ3n) is 1.55. The second kappa shape index (κ2) is 18.6. The first kappa shape index (κ1) is 19.5. The first-order valence-corrected chi connectivity index (χ1v) is 5.64. The summed E-state index contributed by atoms with van der Waals surface area (Å²) in [5, 5.41) is 12.1. The van der Waals surface area contributed by atoms with Gasteiger partial charge in [0.05, 0.1) is 0 Å². The third kappa shape index (κ3) is 22.6. The summed E-state index contributed by atoms with van der Waals surface area (Å²) < 4.78 is 0. The Balaban J connectivity index is -0.000000267. The van der Waals surface area contributed by atoms with Gasteiger partial charge >= 0.3 is 0 Å². The van der Waals surface area contributed by atoms with Crippen molar-refractivity contribution in [1.82, 2.24) is 11.5 Å². The van der Waals surface area contributed by atoms with Gasteiger partial charge in [0.2, 0.25) is 0 Å². The van der Waals surface area contributed by atoms with Crippen LogP contribution in [0.3, 0.4) is 0 Å². The minimum Gasteiger partial charge on any atom is -0.379 e. The molecular formula is C11H30N2O. The molecule has 0 saturated carbocycles. The molecule has 0 rings (SSSR count). The van der Waals surface area contributed by atoms with Gasteiger partial charge in [-0.1, -0.05) is 47.0 Å². The fourth-order valence-electron chi connectivity index (χ4n) is 0.788. The molecule has 0 bridgehead atoms. The molecule has 14 heavy (non-hydrogen) atoms. The molecule has 0 radical (unpaired) electrons. The highest BCUT2D eigenvalue weighted by molar-refractivity contribution is 4.50. The first-order chi connectivity index (χ1) is 6.22. The summed E-state index contributed by atoms with van der Waals surface area (Å²) in [5.41, 5.74) is 0. The smallest absolute Gasteiger partial charge is 0.104 e. The predicted molar refractivity (Wildman–Crippen MR) is 64.8 cm³/mol. The molecule has 0 aromatic heterocycles. The van der Waals surface area contributed by atoms with Gasteiger partial charge in [0.1, 0.15) is 6.23 Å². The number of hydrogen-bond acceptors (Lipinski definition) is 3. The number of hydrogen-bond donors (Lipinski definition) is 3. The Morgan fingerprint density at radius 3 is 1.93 bits per heavy atom. The summed E-state index contributed by atoms with van der Waals surface area (Å²) in [6.07, 6.45) is 5.42. The van der Waals surface area contributed by atoms with Crippen LogP contribution in [0.4, 0.5) is 0 Å². The van der Waals surface area contributed by atoms with Crippen molar-refractivity contribution >= 4 is 0 Å². The Hall–Kier alpha value is -0.120. The van der Waals surface area contributed by atoms with E-state index in [-0.39, 0.29) is 12.4 Å². The van der Waals surface area contributed by atoms with Crippen LogP contribution in [0.15, 0.2) is 0 Å². The average molecular weight is 206 g/mol. The van der Waals surface area contributed by atoms with Crippen LogP contribution in [0.25, 0.3) is 0 Å². The maximum atomic E-state index is 9.05. The largest absolute Gasteiger partial charge is 0.379 e. The molecule has 0 spiro atoms. The van der Waals surface area contributed by atoms with Gasteiger partial charge in [-0.2, -0.15) is 0 Å². The highest BCUT2D eigenvalue weighted by Crippen LogP contribution is 1.92. The number of rotatable bonds is 6. The van der Waals surface area contributed by atoms with Gasteiger partial charge in [-0.3, -0.25) is 5.32 Å². The molecule has 0 amide bonds. The van der Waals surface area contributed by atoms with Crippen LogP contribution in [0.1, 0.15) is 59.8 Å². The van der Waals surface area contributed by atoms with Crippen molar-refractivity contribution in [2.45, 2.75) is 66.0 Å². The van der Waals surface area contributed by atoms with Crippen LogP contribution in [0.2, 0.25) is 0 Å². The van der Waals surface area contributed by atoms with E-state index in [9.17, 15) is 0 Å². The molecule has 0 aromatic rings. The monoisotopic (exact) mass is 206 g/mol. The SMILES string of the molecule is CCC.CCCCCNC(O)CC.N. The lowest BCUT2D eigenvalue weighted by Crippen LogP contribution is -2.28. The van der Waals surface area contributed by atoms with E-state index in [0.29, 0.717) is 0 Å². The lowest BCUT2D eigenvalue weighted by atomic mass is 10.2. The Kier molecular flexibility index (Phi) is 25.9. The number of nitrogens with one attached hydrogen (secondary N) is 1. The Morgan fingerprint density at radius 1 is 1.07 bits per heavy atom. The Bertz CT molecular complexity index is 79.7. The van der Waals surface area contributed by atoms with Crippen LogP contribution < -0.4 is 11.5 Å². The van der Waals surface area contributed by atoms with Crippen molar-refractivity contribution in [2.75, 3.05) is 6.54 Å². The van der Waals surface area contributed by atoms with Gasteiger partial charge < -0.3 is 11.3 Å². The van der Waals surface area contributed by atoms with Crippen LogP contribution in [-0.2, 0) is 0 Å². The van der Waals surface area contributed by atoms with Crippen LogP contribution in [0, 0.1) is 0 Å². The zero-order valence-corrected chi connectivity index (χ0v) is 10.5. The van der Waals surface area contributed by atoms with E-state index in [0.717, 1.165) is 13.0 Å². The summed E-state index contributed by atoms with van der Waals surface area (Å²) in [6, 6.07) is 0. The highest BCUT2D eigenvalue weighted by atomic mass is 16.3. The average Bonchev–Trinajstić information content (AvgIpc) is 2.13. The van der Waals surface area contributed by atoms with Crippen LogP contribution >= 0.6 is 0 Å². The lowest BCUT2D eigenvalue weighted by Gasteiger charge is -2.08. The quantitative estimate of drug-likeness (QED) is 0.462. The molecule has 5 N–H and O–H groups in total. The number of unbranched alkanes of at least 4 members (excludes halogenated alkanes) is 2. The van der Waals surface area contributed by atoms with Crippen LogP contribution in [-0.4, -0.2) is 17.9 Å². The fraction of sp³-hybridized carbons (Fsp3) is 1.00. The van der Waals surface area contributed by atoms with E-state index in [1.54, 1.807) is 0 Å². The van der Waals surface area contributed by atoms with E-state index >= 15 is 0 Å². The molecule has 0 aliphatic rings. The third-order valence-corrected chi connectivity index (χ3v) is 1.55. The van der Waals surface area contributed by atoms with Crippen molar-refractivity contribution in [3.63, 3.8) is 0 Å². The van der Waals surface area contributed by atoms with Gasteiger partial charge in [-0.05, 0) is 19.4 Å². The topological polar surface area (TPSA) is 67.3 Å². The second-order valence-electron chi connectivity index (χ2n) is 3.29. The van der Waals surface area contributed by atoms with Crippen molar-refractivity contribution in [1.29, 1.82) is 0 Å². The van der Waals surface area contributed by atoms with Crippen molar-refractivity contribution in [3.05, 3.63) is 0 Å². The van der Waals surface area contributed by atoms with Crippen molar-refractivity contribution in [3.8, 4) is 0 Å². The van der Waals surface area contributed by atoms with E-state index in [1.165, 1.54) is 25.7 Å². The molecule has 3 heteroatoms. The minimum absolute atomic E-state index is 0. The van der Waals surface area contributed by atoms with Gasteiger partial charge in [-0.15, -0.1) is 0 Å². The molecule has 0 saturated heterocycles. The van der Waals surface area contributed by atoms with E-state index in [4.69, 9.17) is 5.11 Å². The molecule has 0 aliphatic heterocycles. The maximum Gasteiger partial charge on any atom is 0.104 e. The zero-order valence-electron chi connectivity index (χ0n) is 10.5. The molecule has 0 aromatic carbocycles. The molecule has 90 valence electrons. The van der Waals surface area contributed by atoms with E-state index in [2.05, 4.69) is 26.1 Å². The normalized spacial score (nSPS) is 10.9. The standard InChI is InChI=1S/C8H19NO.C3H8.H3N/c1-3-5-6-7-9-8(10)4-2;1-3-2;/h8-10H,3-7H2,1-2H3;3H2,1-2H3;1H3. The number of aliphatic hydroxyl groups excluding tert-OH is 1. The fourth-order valence-corrected chi connectivity index (χ4v) is 0.788. The summed E-state index contributed by atoms with van der Waals surface area (Å²) >= 11 is 0. The van der Waals surface area contributed by atoms with Gasteiger partial charge in [-0.25, -0.2) is 0 Å². The molecule has 0 aliphatic carbocycles. The predicted octanol–water partition coefficient (Wildman–Crippen LogP) is 3.07. The summed E-state index contributed by atoms with van der Waals surface area (Å²) in [5.74, 6) is 0.